The van der Waals surface area contributed by atoms with E-state index in [9.17, 15) is 4.79 Å². The van der Waals surface area contributed by atoms with Crippen molar-refractivity contribution in [3.05, 3.63) is 46.4 Å². The van der Waals surface area contributed by atoms with Gasteiger partial charge in [0, 0.05) is 24.0 Å². The zero-order valence-electron chi connectivity index (χ0n) is 10.8. The van der Waals surface area contributed by atoms with Crippen LogP contribution in [0.3, 0.4) is 0 Å². The molecule has 2 amide bonds. The predicted molar refractivity (Wildman–Crippen MR) is 78.7 cm³/mol. The minimum atomic E-state index is -0.181. The number of urea groups is 1. The Morgan fingerprint density at radius 2 is 2.11 bits per heavy atom. The Kier molecular flexibility index (Phi) is 4.92. The van der Waals surface area contributed by atoms with E-state index in [4.69, 9.17) is 0 Å². The second-order valence-electron chi connectivity index (χ2n) is 4.16. The summed E-state index contributed by atoms with van der Waals surface area (Å²) in [5, 5.41) is 7.61. The van der Waals surface area contributed by atoms with Gasteiger partial charge in [0.25, 0.3) is 0 Å². The van der Waals surface area contributed by atoms with Crippen LogP contribution in [-0.2, 0) is 12.8 Å². The minimum absolute atomic E-state index is 0.181. The number of hydrogen-bond donors (Lipinski definition) is 2. The smallest absolute Gasteiger partial charge is 0.319 e. The fourth-order valence-corrected chi connectivity index (χ4v) is 2.26. The molecule has 4 nitrogen and oxygen atoms in total. The number of aryl methyl sites for hydroxylation is 1. The second-order valence-corrected chi connectivity index (χ2v) is 4.88. The standard InChI is InChI=1S/C14H17N3OS/c1-2-11-3-5-12(6-4-11)17-14(18)15-8-7-13-9-19-10-16-13/h3-6,9-10H,2,7-8H2,1H3,(H2,15,17,18). The third-order valence-corrected chi connectivity index (χ3v) is 3.41. The van der Waals surface area contributed by atoms with Crippen LogP contribution in [0.1, 0.15) is 18.2 Å². The zero-order chi connectivity index (χ0) is 13.5. The molecule has 2 aromatic rings. The van der Waals surface area contributed by atoms with E-state index in [0.29, 0.717) is 6.54 Å². The summed E-state index contributed by atoms with van der Waals surface area (Å²) in [6.45, 7) is 2.69. The molecule has 0 saturated carbocycles. The maximum atomic E-state index is 11.7. The molecule has 1 aromatic heterocycles. The Hall–Kier alpha value is -1.88. The maximum absolute atomic E-state index is 11.7. The molecule has 0 aliphatic carbocycles. The van der Waals surface area contributed by atoms with Gasteiger partial charge in [-0.1, -0.05) is 19.1 Å². The molecule has 100 valence electrons. The Labute approximate surface area is 116 Å². The summed E-state index contributed by atoms with van der Waals surface area (Å²) in [6.07, 6.45) is 1.76. The topological polar surface area (TPSA) is 54.0 Å². The monoisotopic (exact) mass is 275 g/mol. The first-order valence-electron chi connectivity index (χ1n) is 6.29. The van der Waals surface area contributed by atoms with Crippen molar-refractivity contribution < 1.29 is 4.79 Å². The number of benzene rings is 1. The molecular weight excluding hydrogens is 258 g/mol. The lowest BCUT2D eigenvalue weighted by molar-refractivity contribution is 0.252. The van der Waals surface area contributed by atoms with Gasteiger partial charge < -0.3 is 10.6 Å². The number of nitrogens with zero attached hydrogens (tertiary/aromatic N) is 1. The Morgan fingerprint density at radius 1 is 1.32 bits per heavy atom. The van der Waals surface area contributed by atoms with E-state index < -0.39 is 0 Å². The van der Waals surface area contributed by atoms with Crippen LogP contribution in [-0.4, -0.2) is 17.6 Å². The molecule has 1 aromatic carbocycles. The van der Waals surface area contributed by atoms with Crippen molar-refractivity contribution in [3.8, 4) is 0 Å². The van der Waals surface area contributed by atoms with Crippen LogP contribution < -0.4 is 10.6 Å². The molecule has 5 heteroatoms. The highest BCUT2D eigenvalue weighted by Crippen LogP contribution is 2.09. The van der Waals surface area contributed by atoms with E-state index in [1.807, 2.05) is 29.6 Å². The SMILES string of the molecule is CCc1ccc(NC(=O)NCCc2cscn2)cc1. The van der Waals surface area contributed by atoms with Crippen LogP contribution in [0, 0.1) is 0 Å². The van der Waals surface area contributed by atoms with Gasteiger partial charge in [-0.3, -0.25) is 0 Å². The molecule has 0 bridgehead atoms. The van der Waals surface area contributed by atoms with E-state index in [-0.39, 0.29) is 6.03 Å². The fourth-order valence-electron chi connectivity index (χ4n) is 1.66. The number of hydrogen-bond acceptors (Lipinski definition) is 3. The van der Waals surface area contributed by atoms with Crippen molar-refractivity contribution in [1.29, 1.82) is 0 Å². The van der Waals surface area contributed by atoms with Crippen LogP contribution in [0.4, 0.5) is 10.5 Å². The molecule has 1 heterocycles. The van der Waals surface area contributed by atoms with E-state index in [1.54, 1.807) is 16.8 Å². The van der Waals surface area contributed by atoms with Crippen molar-refractivity contribution in [2.24, 2.45) is 0 Å². The third-order valence-electron chi connectivity index (χ3n) is 2.77. The van der Waals surface area contributed by atoms with E-state index >= 15 is 0 Å². The Balaban J connectivity index is 1.74. The quantitative estimate of drug-likeness (QED) is 0.881. The number of aromatic nitrogens is 1. The number of anilines is 1. The third kappa shape index (κ3) is 4.37. The van der Waals surface area contributed by atoms with Gasteiger partial charge >= 0.3 is 6.03 Å². The number of carbonyl (C=O) groups is 1. The van der Waals surface area contributed by atoms with Crippen molar-refractivity contribution in [3.63, 3.8) is 0 Å². The van der Waals surface area contributed by atoms with Crippen molar-refractivity contribution in [1.82, 2.24) is 10.3 Å². The van der Waals surface area contributed by atoms with Crippen LogP contribution in [0.25, 0.3) is 0 Å². The van der Waals surface area contributed by atoms with Gasteiger partial charge in [0.15, 0.2) is 0 Å². The molecule has 0 aliphatic heterocycles. The van der Waals surface area contributed by atoms with Gasteiger partial charge in [-0.05, 0) is 24.1 Å². The van der Waals surface area contributed by atoms with Gasteiger partial charge in [-0.2, -0.15) is 0 Å². The maximum Gasteiger partial charge on any atom is 0.319 e. The number of carbonyl (C=O) groups excluding carboxylic acids is 1. The molecule has 0 radical (unpaired) electrons. The molecule has 2 N–H and O–H groups in total. The molecule has 0 saturated heterocycles. The number of rotatable bonds is 5. The molecule has 0 atom stereocenters. The molecule has 0 fully saturated rings. The number of thiazole rings is 1. The zero-order valence-corrected chi connectivity index (χ0v) is 11.7. The average Bonchev–Trinajstić information content (AvgIpc) is 2.93. The Morgan fingerprint density at radius 3 is 2.74 bits per heavy atom. The van der Waals surface area contributed by atoms with Gasteiger partial charge in [0.2, 0.25) is 0 Å². The van der Waals surface area contributed by atoms with E-state index in [2.05, 4.69) is 22.5 Å². The first-order chi connectivity index (χ1) is 9.28. The first-order valence-corrected chi connectivity index (χ1v) is 7.23. The summed E-state index contributed by atoms with van der Waals surface area (Å²) < 4.78 is 0. The van der Waals surface area contributed by atoms with Gasteiger partial charge in [-0.15, -0.1) is 11.3 Å². The van der Waals surface area contributed by atoms with Crippen LogP contribution in [0.2, 0.25) is 0 Å². The lowest BCUT2D eigenvalue weighted by atomic mass is 10.1. The molecular formula is C14H17N3OS. The van der Waals surface area contributed by atoms with Gasteiger partial charge in [0.05, 0.1) is 11.2 Å². The number of nitrogens with one attached hydrogen (secondary N) is 2. The van der Waals surface area contributed by atoms with Crippen molar-refractivity contribution in [2.45, 2.75) is 19.8 Å². The fraction of sp³-hybridized carbons (Fsp3) is 0.286. The highest BCUT2D eigenvalue weighted by Gasteiger charge is 2.01. The lowest BCUT2D eigenvalue weighted by Gasteiger charge is -2.07. The summed E-state index contributed by atoms with van der Waals surface area (Å²) in [7, 11) is 0. The molecule has 0 spiro atoms. The summed E-state index contributed by atoms with van der Waals surface area (Å²) in [5.74, 6) is 0. The van der Waals surface area contributed by atoms with Gasteiger partial charge in [-0.25, -0.2) is 9.78 Å². The molecule has 19 heavy (non-hydrogen) atoms. The van der Waals surface area contributed by atoms with Gasteiger partial charge in [0.1, 0.15) is 0 Å². The van der Waals surface area contributed by atoms with Crippen LogP contribution in [0.15, 0.2) is 35.2 Å². The molecule has 2 rings (SSSR count). The highest BCUT2D eigenvalue weighted by atomic mass is 32.1. The summed E-state index contributed by atoms with van der Waals surface area (Å²) in [5.41, 5.74) is 4.88. The molecule has 0 unspecified atom stereocenters. The molecule has 0 aliphatic rings. The van der Waals surface area contributed by atoms with Crippen LogP contribution >= 0.6 is 11.3 Å². The lowest BCUT2D eigenvalue weighted by Crippen LogP contribution is -2.30. The van der Waals surface area contributed by atoms with E-state index in [0.717, 1.165) is 24.2 Å². The predicted octanol–water partition coefficient (Wildman–Crippen LogP) is 3.07. The highest BCUT2D eigenvalue weighted by molar-refractivity contribution is 7.07. The first kappa shape index (κ1) is 13.5. The summed E-state index contributed by atoms with van der Waals surface area (Å²) in [6, 6.07) is 7.69. The number of amides is 2. The minimum Gasteiger partial charge on any atom is -0.337 e. The van der Waals surface area contributed by atoms with Crippen molar-refractivity contribution in [2.75, 3.05) is 11.9 Å². The summed E-state index contributed by atoms with van der Waals surface area (Å²) in [4.78, 5) is 15.8. The summed E-state index contributed by atoms with van der Waals surface area (Å²) >= 11 is 1.57. The Bertz CT molecular complexity index is 508. The largest absolute Gasteiger partial charge is 0.337 e. The average molecular weight is 275 g/mol. The second kappa shape index (κ2) is 6.89. The van der Waals surface area contributed by atoms with Crippen molar-refractivity contribution >= 4 is 23.1 Å². The van der Waals surface area contributed by atoms with E-state index in [1.165, 1.54) is 5.56 Å². The van der Waals surface area contributed by atoms with Crippen LogP contribution in [0.5, 0.6) is 0 Å². The normalized spacial score (nSPS) is 10.2.